The fourth-order valence-electron chi connectivity index (χ4n) is 2.85. The van der Waals surface area contributed by atoms with Gasteiger partial charge in [-0.15, -0.1) is 11.3 Å². The molecule has 1 saturated carbocycles. The highest BCUT2D eigenvalue weighted by Crippen LogP contribution is 2.56. The first-order valence-corrected chi connectivity index (χ1v) is 7.60. The van der Waals surface area contributed by atoms with Gasteiger partial charge in [0.05, 0.1) is 21.0 Å². The number of carbonyl (C=O) groups excluding carboxylic acids is 2. The van der Waals surface area contributed by atoms with Crippen molar-refractivity contribution >= 4 is 34.6 Å². The monoisotopic (exact) mass is 319 g/mol. The van der Waals surface area contributed by atoms with Crippen molar-refractivity contribution in [2.45, 2.75) is 18.9 Å². The summed E-state index contributed by atoms with van der Waals surface area (Å²) in [5.41, 5.74) is 1.50. The Morgan fingerprint density at radius 3 is 2.81 bits per heavy atom. The van der Waals surface area contributed by atoms with Crippen LogP contribution in [0.2, 0.25) is 5.28 Å². The van der Waals surface area contributed by atoms with Crippen LogP contribution >= 0.6 is 22.9 Å². The van der Waals surface area contributed by atoms with E-state index in [4.69, 9.17) is 11.6 Å². The van der Waals surface area contributed by atoms with Crippen LogP contribution in [0, 0.1) is 6.92 Å². The van der Waals surface area contributed by atoms with Crippen LogP contribution in [0.5, 0.6) is 0 Å². The van der Waals surface area contributed by atoms with Gasteiger partial charge in [-0.1, -0.05) is 0 Å². The van der Waals surface area contributed by atoms with Crippen LogP contribution in [-0.4, -0.2) is 33.6 Å². The van der Waals surface area contributed by atoms with Gasteiger partial charge in [0, 0.05) is 19.7 Å². The molecular weight excluding hydrogens is 310 g/mol. The second-order valence-corrected chi connectivity index (χ2v) is 6.74. The number of aromatic nitrogens is 2. The average Bonchev–Trinajstić information content (AvgIpc) is 2.88. The fourth-order valence-corrected chi connectivity index (χ4v) is 4.43. The van der Waals surface area contributed by atoms with Gasteiger partial charge in [-0.2, -0.15) is 0 Å². The molecule has 106 valence electrons. The summed E-state index contributed by atoms with van der Waals surface area (Å²) in [6, 6.07) is 1.81. The zero-order valence-corrected chi connectivity index (χ0v) is 12.9. The number of likely N-dealkylation sites (N-methyl/N-ethyl adjacent to an activating group) is 1. The highest BCUT2D eigenvalue weighted by Gasteiger charge is 2.66. The van der Waals surface area contributed by atoms with E-state index >= 15 is 0 Å². The van der Waals surface area contributed by atoms with Crippen molar-refractivity contribution in [2.24, 2.45) is 0 Å². The highest BCUT2D eigenvalue weighted by molar-refractivity contribution is 7.16. The van der Waals surface area contributed by atoms with Crippen LogP contribution in [-0.2, 0) is 10.3 Å². The molecular formula is C14H10ClN3O2S. The van der Waals surface area contributed by atoms with Gasteiger partial charge in [-0.05, 0) is 30.2 Å². The Hall–Kier alpha value is -1.79. The Balaban J connectivity index is 1.90. The van der Waals surface area contributed by atoms with Gasteiger partial charge in [0.25, 0.3) is 5.91 Å². The number of ketones is 1. The van der Waals surface area contributed by atoms with Crippen LogP contribution in [0.25, 0.3) is 10.6 Å². The predicted octanol–water partition coefficient (Wildman–Crippen LogP) is 2.42. The van der Waals surface area contributed by atoms with E-state index in [2.05, 4.69) is 9.97 Å². The van der Waals surface area contributed by atoms with Crippen molar-refractivity contribution < 1.29 is 9.59 Å². The Labute approximate surface area is 129 Å². The molecule has 0 radical (unpaired) electrons. The maximum Gasteiger partial charge on any atom is 0.255 e. The summed E-state index contributed by atoms with van der Waals surface area (Å²) in [6.45, 7) is 1.89. The SMILES string of the molecule is Cc1cnc(Cl)nc1-c1cc2c(s1)C1(CC1=O)N(C)C2=O. The number of thiophene rings is 1. The first-order chi connectivity index (χ1) is 9.95. The summed E-state index contributed by atoms with van der Waals surface area (Å²) >= 11 is 7.30. The molecule has 0 N–H and O–H groups in total. The molecule has 0 aromatic carbocycles. The number of fused-ring (bicyclic) bond motifs is 2. The molecule has 4 rings (SSSR count). The van der Waals surface area contributed by atoms with E-state index in [1.165, 1.54) is 11.3 Å². The highest BCUT2D eigenvalue weighted by atomic mass is 35.5. The molecule has 3 heterocycles. The van der Waals surface area contributed by atoms with Gasteiger partial charge < -0.3 is 4.90 Å². The molecule has 7 heteroatoms. The average molecular weight is 320 g/mol. The molecule has 0 saturated heterocycles. The summed E-state index contributed by atoms with van der Waals surface area (Å²) in [5.74, 6) is -0.000835. The predicted molar refractivity (Wildman–Crippen MR) is 78.5 cm³/mol. The van der Waals surface area contributed by atoms with E-state index < -0.39 is 5.54 Å². The van der Waals surface area contributed by atoms with Gasteiger partial charge in [0.1, 0.15) is 5.54 Å². The number of nitrogens with zero attached hydrogens (tertiary/aromatic N) is 3. The Kier molecular flexibility index (Phi) is 2.40. The minimum absolute atomic E-state index is 0.0999. The lowest BCUT2D eigenvalue weighted by Gasteiger charge is -2.17. The fraction of sp³-hybridized carbons (Fsp3) is 0.286. The molecule has 0 bridgehead atoms. The van der Waals surface area contributed by atoms with Crippen LogP contribution < -0.4 is 0 Å². The third kappa shape index (κ3) is 1.51. The minimum Gasteiger partial charge on any atom is -0.324 e. The molecule has 1 amide bonds. The van der Waals surface area contributed by atoms with Crippen molar-refractivity contribution in [3.05, 3.63) is 33.6 Å². The summed E-state index contributed by atoms with van der Waals surface area (Å²) in [7, 11) is 1.69. The Bertz CT molecular complexity index is 832. The standard InChI is InChI=1S/C14H10ClN3O2S/c1-6-5-16-13(15)17-10(6)8-3-7-11(21-8)14(4-9(14)19)18(2)12(7)20/h3,5H,4H2,1-2H3. The minimum atomic E-state index is -0.708. The summed E-state index contributed by atoms with van der Waals surface area (Å²) in [6.07, 6.45) is 2.06. The van der Waals surface area contributed by atoms with E-state index in [9.17, 15) is 9.59 Å². The number of rotatable bonds is 1. The Morgan fingerprint density at radius 1 is 1.43 bits per heavy atom. The molecule has 1 spiro atoms. The molecule has 1 unspecified atom stereocenters. The summed E-state index contributed by atoms with van der Waals surface area (Å²) < 4.78 is 0. The number of hydrogen-bond acceptors (Lipinski definition) is 5. The maximum atomic E-state index is 12.3. The number of halogens is 1. The van der Waals surface area contributed by atoms with Gasteiger partial charge >= 0.3 is 0 Å². The molecule has 1 aliphatic carbocycles. The van der Waals surface area contributed by atoms with Gasteiger partial charge in [-0.25, -0.2) is 9.97 Å². The van der Waals surface area contributed by atoms with Crippen molar-refractivity contribution in [1.82, 2.24) is 14.9 Å². The third-order valence-electron chi connectivity index (χ3n) is 4.14. The zero-order chi connectivity index (χ0) is 14.9. The van der Waals surface area contributed by atoms with E-state index in [-0.39, 0.29) is 17.0 Å². The van der Waals surface area contributed by atoms with Crippen LogP contribution in [0.15, 0.2) is 12.3 Å². The van der Waals surface area contributed by atoms with E-state index in [1.54, 1.807) is 18.1 Å². The first kappa shape index (κ1) is 12.9. The molecule has 1 fully saturated rings. The quantitative estimate of drug-likeness (QED) is 0.757. The van der Waals surface area contributed by atoms with Gasteiger partial charge in [-0.3, -0.25) is 9.59 Å². The van der Waals surface area contributed by atoms with Crippen LogP contribution in [0.4, 0.5) is 0 Å². The largest absolute Gasteiger partial charge is 0.324 e. The topological polar surface area (TPSA) is 63.2 Å². The third-order valence-corrected chi connectivity index (χ3v) is 5.62. The van der Waals surface area contributed by atoms with Crippen LogP contribution in [0.1, 0.15) is 27.2 Å². The molecule has 2 aromatic rings. The Morgan fingerprint density at radius 2 is 2.14 bits per heavy atom. The maximum absolute atomic E-state index is 12.3. The van der Waals surface area contributed by atoms with Crippen LogP contribution in [0.3, 0.4) is 0 Å². The second kappa shape index (κ2) is 3.90. The first-order valence-electron chi connectivity index (χ1n) is 6.40. The second-order valence-electron chi connectivity index (χ2n) is 5.35. The molecule has 5 nitrogen and oxygen atoms in total. The van der Waals surface area contributed by atoms with E-state index in [1.807, 2.05) is 13.0 Å². The summed E-state index contributed by atoms with van der Waals surface area (Å²) in [4.78, 5) is 35.6. The number of amides is 1. The lowest BCUT2D eigenvalue weighted by Crippen LogP contribution is -2.30. The molecule has 1 aliphatic heterocycles. The number of hydrogen-bond donors (Lipinski definition) is 0. The lowest BCUT2D eigenvalue weighted by atomic mass is 10.1. The molecule has 2 aromatic heterocycles. The number of aryl methyl sites for hydroxylation is 1. The number of carbonyl (C=O) groups is 2. The van der Waals surface area contributed by atoms with Gasteiger partial charge in [0.15, 0.2) is 5.78 Å². The summed E-state index contributed by atoms with van der Waals surface area (Å²) in [5, 5.41) is 0.171. The smallest absolute Gasteiger partial charge is 0.255 e. The van der Waals surface area contributed by atoms with Crippen molar-refractivity contribution in [3.8, 4) is 10.6 Å². The lowest BCUT2D eigenvalue weighted by molar-refractivity contribution is -0.113. The number of Topliss-reactive ketones (excluding diaryl/α,β-unsaturated/α-hetero) is 1. The normalized spacial score (nSPS) is 23.1. The molecule has 2 aliphatic rings. The van der Waals surface area contributed by atoms with Crippen molar-refractivity contribution in [2.75, 3.05) is 7.05 Å². The van der Waals surface area contributed by atoms with Crippen molar-refractivity contribution in [1.29, 1.82) is 0 Å². The van der Waals surface area contributed by atoms with Gasteiger partial charge in [0.2, 0.25) is 5.28 Å². The van der Waals surface area contributed by atoms with E-state index in [0.29, 0.717) is 17.7 Å². The zero-order valence-electron chi connectivity index (χ0n) is 11.3. The van der Waals surface area contributed by atoms with E-state index in [0.717, 1.165) is 15.3 Å². The van der Waals surface area contributed by atoms with Crippen molar-refractivity contribution in [3.63, 3.8) is 0 Å². The molecule has 1 atom stereocenters. The molecule has 21 heavy (non-hydrogen) atoms.